The van der Waals surface area contributed by atoms with Crippen molar-refractivity contribution in [2.75, 3.05) is 12.9 Å². The first kappa shape index (κ1) is 16.4. The Bertz CT molecular complexity index is 845. The Hall–Kier alpha value is -2.41. The van der Waals surface area contributed by atoms with Crippen molar-refractivity contribution in [3.05, 3.63) is 47.8 Å². The molecule has 0 aliphatic carbocycles. The van der Waals surface area contributed by atoms with Crippen LogP contribution in [-0.4, -0.2) is 38.2 Å². The van der Waals surface area contributed by atoms with Gasteiger partial charge in [-0.2, -0.15) is 0 Å². The number of ether oxygens (including phenoxy) is 1. The molecule has 3 rings (SSSR count). The van der Waals surface area contributed by atoms with Gasteiger partial charge >= 0.3 is 0 Å². The van der Waals surface area contributed by atoms with E-state index in [-0.39, 0.29) is 5.78 Å². The monoisotopic (exact) mass is 342 g/mol. The van der Waals surface area contributed by atoms with Gasteiger partial charge in [0, 0.05) is 17.5 Å². The van der Waals surface area contributed by atoms with Gasteiger partial charge in [0.05, 0.1) is 12.9 Å². The van der Waals surface area contributed by atoms with Gasteiger partial charge in [-0.1, -0.05) is 25.1 Å². The number of hydrogen-bond donors (Lipinski definition) is 0. The number of nitrogens with zero attached hydrogens (tertiary/aromatic N) is 4. The summed E-state index contributed by atoms with van der Waals surface area (Å²) < 4.78 is 7.03. The average molecular weight is 342 g/mol. The highest BCUT2D eigenvalue weighted by Crippen LogP contribution is 2.21. The minimum atomic E-state index is 0.0420. The van der Waals surface area contributed by atoms with Crippen molar-refractivity contribution in [1.82, 2.24) is 19.6 Å². The third kappa shape index (κ3) is 3.41. The number of carbonyl (C=O) groups is 1. The molecule has 0 N–H and O–H groups in total. The van der Waals surface area contributed by atoms with Crippen LogP contribution < -0.4 is 4.74 Å². The molecule has 0 unspecified atom stereocenters. The summed E-state index contributed by atoms with van der Waals surface area (Å²) in [5, 5.41) is 8.96. The first-order valence-electron chi connectivity index (χ1n) is 7.72. The molecule has 2 heterocycles. The predicted octanol–water partition coefficient (Wildman–Crippen LogP) is 3.06. The number of hydrogen-bond acceptors (Lipinski definition) is 6. The number of carbonyl (C=O) groups excluding carboxylic acids is 1. The predicted molar refractivity (Wildman–Crippen MR) is 92.8 cm³/mol. The average Bonchev–Trinajstić information content (AvgIpc) is 3.04. The topological polar surface area (TPSA) is 69.4 Å². The number of Topliss-reactive ketones (excluding diaryl/α,β-unsaturated/α-hetero) is 1. The number of aryl methyl sites for hydroxylation is 1. The second kappa shape index (κ2) is 7.44. The standard InChI is InChI=1S/C17H18N4O2S/c1-3-4-13-9-10-18-16-19-20-17(21(13)16)24-11-15(22)12-5-7-14(23-2)8-6-12/h5-10H,3-4,11H2,1-2H3. The zero-order chi connectivity index (χ0) is 16.9. The zero-order valence-corrected chi connectivity index (χ0v) is 14.4. The summed E-state index contributed by atoms with van der Waals surface area (Å²) in [7, 11) is 1.60. The fraction of sp³-hybridized carbons (Fsp3) is 0.294. The molecule has 1 aromatic carbocycles. The Kier molecular flexibility index (Phi) is 5.10. The third-order valence-corrected chi connectivity index (χ3v) is 4.54. The molecule has 0 fully saturated rings. The van der Waals surface area contributed by atoms with E-state index in [0.717, 1.165) is 24.3 Å². The highest BCUT2D eigenvalue weighted by molar-refractivity contribution is 7.99. The Labute approximate surface area is 144 Å². The molecular weight excluding hydrogens is 324 g/mol. The number of methoxy groups -OCH3 is 1. The molecule has 7 heteroatoms. The van der Waals surface area contributed by atoms with Gasteiger partial charge in [0.2, 0.25) is 0 Å². The summed E-state index contributed by atoms with van der Waals surface area (Å²) in [4.78, 5) is 16.6. The van der Waals surface area contributed by atoms with E-state index in [4.69, 9.17) is 4.74 Å². The molecule has 0 atom stereocenters. The van der Waals surface area contributed by atoms with Crippen LogP contribution in [-0.2, 0) is 6.42 Å². The van der Waals surface area contributed by atoms with Crippen LogP contribution in [0.3, 0.4) is 0 Å². The Balaban J connectivity index is 1.76. The molecule has 0 radical (unpaired) electrons. The second-order valence-electron chi connectivity index (χ2n) is 5.24. The molecule has 0 saturated heterocycles. The van der Waals surface area contributed by atoms with Gasteiger partial charge in [0.1, 0.15) is 5.75 Å². The van der Waals surface area contributed by atoms with Crippen LogP contribution in [0.2, 0.25) is 0 Å². The lowest BCUT2D eigenvalue weighted by molar-refractivity contribution is 0.102. The van der Waals surface area contributed by atoms with E-state index in [1.165, 1.54) is 11.8 Å². The van der Waals surface area contributed by atoms with Gasteiger partial charge in [-0.05, 0) is 36.8 Å². The van der Waals surface area contributed by atoms with Gasteiger partial charge in [-0.15, -0.1) is 10.2 Å². The van der Waals surface area contributed by atoms with Crippen molar-refractivity contribution in [2.45, 2.75) is 24.9 Å². The quantitative estimate of drug-likeness (QED) is 0.485. The van der Waals surface area contributed by atoms with Crippen molar-refractivity contribution in [2.24, 2.45) is 0 Å². The Morgan fingerprint density at radius 2 is 2.00 bits per heavy atom. The fourth-order valence-corrected chi connectivity index (χ4v) is 3.25. The van der Waals surface area contributed by atoms with Gasteiger partial charge in [0.15, 0.2) is 10.9 Å². The van der Waals surface area contributed by atoms with Gasteiger partial charge in [-0.25, -0.2) is 4.98 Å². The highest BCUT2D eigenvalue weighted by atomic mass is 32.2. The molecule has 0 aliphatic rings. The lowest BCUT2D eigenvalue weighted by Gasteiger charge is -2.06. The largest absolute Gasteiger partial charge is 0.497 e. The molecule has 0 amide bonds. The van der Waals surface area contributed by atoms with E-state index >= 15 is 0 Å². The van der Waals surface area contributed by atoms with E-state index < -0.39 is 0 Å². The summed E-state index contributed by atoms with van der Waals surface area (Å²) in [6, 6.07) is 9.08. The maximum atomic E-state index is 12.4. The van der Waals surface area contributed by atoms with Crippen molar-refractivity contribution in [3.63, 3.8) is 0 Å². The maximum absolute atomic E-state index is 12.4. The normalized spacial score (nSPS) is 10.9. The SMILES string of the molecule is CCCc1ccnc2nnc(SCC(=O)c3ccc(OC)cc3)n12. The van der Waals surface area contributed by atoms with Crippen LogP contribution in [0.15, 0.2) is 41.7 Å². The van der Waals surface area contributed by atoms with Crippen LogP contribution in [0.25, 0.3) is 5.78 Å². The molecule has 6 nitrogen and oxygen atoms in total. The molecule has 0 spiro atoms. The van der Waals surface area contributed by atoms with Crippen molar-refractivity contribution in [1.29, 1.82) is 0 Å². The number of ketones is 1. The second-order valence-corrected chi connectivity index (χ2v) is 6.19. The minimum absolute atomic E-state index is 0.0420. The van der Waals surface area contributed by atoms with Gasteiger partial charge in [-0.3, -0.25) is 9.20 Å². The zero-order valence-electron chi connectivity index (χ0n) is 13.6. The molecule has 2 aromatic heterocycles. The first-order chi connectivity index (χ1) is 11.7. The lowest BCUT2D eigenvalue weighted by Crippen LogP contribution is -2.04. The number of rotatable bonds is 7. The molecular formula is C17H18N4O2S. The van der Waals surface area contributed by atoms with Crippen LogP contribution in [0.5, 0.6) is 5.75 Å². The van der Waals surface area contributed by atoms with E-state index in [1.807, 2.05) is 10.5 Å². The van der Waals surface area contributed by atoms with E-state index in [2.05, 4.69) is 22.1 Å². The Morgan fingerprint density at radius 1 is 1.21 bits per heavy atom. The van der Waals surface area contributed by atoms with Crippen molar-refractivity contribution >= 4 is 23.3 Å². The van der Waals surface area contributed by atoms with Crippen LogP contribution in [0.1, 0.15) is 29.4 Å². The number of aromatic nitrogens is 4. The van der Waals surface area contributed by atoms with E-state index in [0.29, 0.717) is 22.3 Å². The molecule has 3 aromatic rings. The van der Waals surface area contributed by atoms with Gasteiger partial charge in [0.25, 0.3) is 5.78 Å². The maximum Gasteiger partial charge on any atom is 0.255 e. The first-order valence-corrected chi connectivity index (χ1v) is 8.70. The summed E-state index contributed by atoms with van der Waals surface area (Å²) >= 11 is 1.38. The third-order valence-electron chi connectivity index (χ3n) is 3.61. The molecule has 0 aliphatic heterocycles. The minimum Gasteiger partial charge on any atom is -0.497 e. The van der Waals surface area contributed by atoms with Crippen molar-refractivity contribution < 1.29 is 9.53 Å². The molecule has 0 bridgehead atoms. The number of fused-ring (bicyclic) bond motifs is 1. The van der Waals surface area contributed by atoms with Gasteiger partial charge < -0.3 is 4.74 Å². The smallest absolute Gasteiger partial charge is 0.255 e. The number of benzene rings is 1. The van der Waals surface area contributed by atoms with Crippen molar-refractivity contribution in [3.8, 4) is 5.75 Å². The molecule has 124 valence electrons. The lowest BCUT2D eigenvalue weighted by atomic mass is 10.1. The summed E-state index contributed by atoms with van der Waals surface area (Å²) in [6.45, 7) is 2.12. The molecule has 0 saturated carbocycles. The van der Waals surface area contributed by atoms with E-state index in [9.17, 15) is 4.79 Å². The number of thioether (sulfide) groups is 1. The highest BCUT2D eigenvalue weighted by Gasteiger charge is 2.13. The van der Waals surface area contributed by atoms with Crippen LogP contribution in [0.4, 0.5) is 0 Å². The Morgan fingerprint density at radius 3 is 2.71 bits per heavy atom. The summed E-state index contributed by atoms with van der Waals surface area (Å²) in [5.74, 6) is 1.65. The fourth-order valence-electron chi connectivity index (χ4n) is 2.40. The van der Waals surface area contributed by atoms with Crippen LogP contribution >= 0.6 is 11.8 Å². The summed E-state index contributed by atoms with van der Waals surface area (Å²) in [5.41, 5.74) is 1.76. The van der Waals surface area contributed by atoms with E-state index in [1.54, 1.807) is 37.6 Å². The molecule has 24 heavy (non-hydrogen) atoms. The summed E-state index contributed by atoms with van der Waals surface area (Å²) in [6.07, 6.45) is 3.68. The van der Waals surface area contributed by atoms with Crippen LogP contribution in [0, 0.1) is 0 Å².